The Balaban J connectivity index is 1.60. The molecule has 34 heavy (non-hydrogen) atoms. The molecule has 0 aromatic heterocycles. The molecule has 0 radical (unpaired) electrons. The lowest BCUT2D eigenvalue weighted by atomic mass is 10.0. The zero-order chi connectivity index (χ0) is 24.4. The Morgan fingerprint density at radius 1 is 1.12 bits per heavy atom. The number of esters is 1. The molecule has 1 aliphatic rings. The Morgan fingerprint density at radius 2 is 1.85 bits per heavy atom. The normalized spacial score (nSPS) is 20.4. The van der Waals surface area contributed by atoms with Crippen LogP contribution in [0.3, 0.4) is 0 Å². The van der Waals surface area contributed by atoms with Crippen molar-refractivity contribution in [3.8, 4) is 5.75 Å². The third kappa shape index (κ3) is 8.08. The SMILES string of the molecule is COc1ccc(COCCC=CC(OC(=O)c2ccccc2)[C@H]2OC(C)(C)O[C@H]2CCI)cc1. The third-order valence-electron chi connectivity index (χ3n) is 5.37. The largest absolute Gasteiger partial charge is 0.497 e. The van der Waals surface area contributed by atoms with Gasteiger partial charge in [0.2, 0.25) is 0 Å². The Bertz CT molecular complexity index is 912. The molecule has 0 N–H and O–H groups in total. The van der Waals surface area contributed by atoms with Gasteiger partial charge in [0.05, 0.1) is 32.0 Å². The van der Waals surface area contributed by atoms with E-state index in [4.69, 9.17) is 23.7 Å². The van der Waals surface area contributed by atoms with Gasteiger partial charge in [0.15, 0.2) is 5.79 Å². The average molecular weight is 580 g/mol. The van der Waals surface area contributed by atoms with Crippen LogP contribution >= 0.6 is 22.6 Å². The van der Waals surface area contributed by atoms with E-state index in [2.05, 4.69) is 22.6 Å². The standard InChI is InChI=1S/C27H33IO6/c1-27(2)33-24(16-17-28)25(34-27)23(32-26(29)21-9-5-4-6-10-21)11-7-8-18-31-19-20-12-14-22(30-3)15-13-20/h4-7,9-15,23-25H,8,16-19H2,1-3H3/t23?,24-,25+/m0/s1. The quantitative estimate of drug-likeness (QED) is 0.105. The maximum Gasteiger partial charge on any atom is 0.338 e. The fourth-order valence-electron chi connectivity index (χ4n) is 3.75. The van der Waals surface area contributed by atoms with Crippen molar-refractivity contribution in [3.05, 3.63) is 77.9 Å². The van der Waals surface area contributed by atoms with Crippen molar-refractivity contribution in [1.82, 2.24) is 0 Å². The summed E-state index contributed by atoms with van der Waals surface area (Å²) < 4.78 is 30.1. The Morgan fingerprint density at radius 3 is 2.53 bits per heavy atom. The summed E-state index contributed by atoms with van der Waals surface area (Å²) in [5, 5.41) is 0. The lowest BCUT2D eigenvalue weighted by molar-refractivity contribution is -0.153. The second kappa shape index (κ2) is 13.2. The summed E-state index contributed by atoms with van der Waals surface area (Å²) in [6, 6.07) is 16.8. The molecule has 1 heterocycles. The van der Waals surface area contributed by atoms with E-state index >= 15 is 0 Å². The van der Waals surface area contributed by atoms with Gasteiger partial charge in [-0.25, -0.2) is 4.79 Å². The minimum absolute atomic E-state index is 0.156. The molecular formula is C27H33IO6. The van der Waals surface area contributed by atoms with Gasteiger partial charge >= 0.3 is 5.97 Å². The molecule has 0 bridgehead atoms. The molecule has 3 atom stereocenters. The Labute approximate surface area is 215 Å². The predicted molar refractivity (Wildman–Crippen MR) is 139 cm³/mol. The monoisotopic (exact) mass is 580 g/mol. The van der Waals surface area contributed by atoms with Crippen molar-refractivity contribution in [2.75, 3.05) is 18.1 Å². The first-order chi connectivity index (χ1) is 16.4. The van der Waals surface area contributed by atoms with Crippen LogP contribution in [-0.4, -0.2) is 48.2 Å². The number of carbonyl (C=O) groups is 1. The van der Waals surface area contributed by atoms with Crippen molar-refractivity contribution < 1.29 is 28.5 Å². The van der Waals surface area contributed by atoms with Crippen LogP contribution in [-0.2, 0) is 25.6 Å². The van der Waals surface area contributed by atoms with Crippen LogP contribution in [0.4, 0.5) is 0 Å². The molecule has 184 valence electrons. The maximum atomic E-state index is 12.8. The topological polar surface area (TPSA) is 63.2 Å². The molecular weight excluding hydrogens is 547 g/mol. The van der Waals surface area contributed by atoms with E-state index in [9.17, 15) is 4.79 Å². The number of alkyl halides is 1. The van der Waals surface area contributed by atoms with Crippen LogP contribution < -0.4 is 4.74 Å². The molecule has 0 amide bonds. The smallest absolute Gasteiger partial charge is 0.338 e. The van der Waals surface area contributed by atoms with Crippen LogP contribution in [0.2, 0.25) is 0 Å². The summed E-state index contributed by atoms with van der Waals surface area (Å²) in [4.78, 5) is 12.8. The molecule has 1 fully saturated rings. The van der Waals surface area contributed by atoms with Crippen LogP contribution in [0.15, 0.2) is 66.7 Å². The van der Waals surface area contributed by atoms with Gasteiger partial charge in [0, 0.05) is 4.43 Å². The molecule has 2 aromatic rings. The highest BCUT2D eigenvalue weighted by atomic mass is 127. The highest BCUT2D eigenvalue weighted by Crippen LogP contribution is 2.33. The van der Waals surface area contributed by atoms with E-state index in [0.717, 1.165) is 22.2 Å². The van der Waals surface area contributed by atoms with Crippen molar-refractivity contribution in [1.29, 1.82) is 0 Å². The summed E-state index contributed by atoms with van der Waals surface area (Å²) >= 11 is 2.32. The van der Waals surface area contributed by atoms with Crippen LogP contribution in [0.5, 0.6) is 5.75 Å². The summed E-state index contributed by atoms with van der Waals surface area (Å²) in [7, 11) is 1.65. The highest BCUT2D eigenvalue weighted by molar-refractivity contribution is 14.1. The molecule has 0 aliphatic carbocycles. The van der Waals surface area contributed by atoms with Crippen molar-refractivity contribution in [2.45, 2.75) is 57.4 Å². The maximum absolute atomic E-state index is 12.8. The van der Waals surface area contributed by atoms with E-state index in [1.807, 2.05) is 68.5 Å². The lowest BCUT2D eigenvalue weighted by Crippen LogP contribution is -2.38. The number of hydrogen-bond donors (Lipinski definition) is 0. The fraction of sp³-hybridized carbons (Fsp3) is 0.444. The van der Waals surface area contributed by atoms with Crippen LogP contribution in [0, 0.1) is 0 Å². The van der Waals surface area contributed by atoms with E-state index in [-0.39, 0.29) is 18.2 Å². The summed E-state index contributed by atoms with van der Waals surface area (Å²) in [6.45, 7) is 4.85. The van der Waals surface area contributed by atoms with Gasteiger partial charge in [-0.05, 0) is 62.6 Å². The fourth-order valence-corrected chi connectivity index (χ4v) is 4.36. The summed E-state index contributed by atoms with van der Waals surface area (Å²) in [5.74, 6) is -0.286. The Kier molecular flexibility index (Phi) is 10.4. The zero-order valence-electron chi connectivity index (χ0n) is 19.9. The number of halogens is 1. The zero-order valence-corrected chi connectivity index (χ0v) is 22.1. The molecule has 0 saturated carbocycles. The van der Waals surface area contributed by atoms with Gasteiger partial charge in [0.1, 0.15) is 18.0 Å². The second-order valence-corrected chi connectivity index (χ2v) is 9.55. The summed E-state index contributed by atoms with van der Waals surface area (Å²) in [5.41, 5.74) is 1.59. The minimum atomic E-state index is -0.728. The van der Waals surface area contributed by atoms with Crippen molar-refractivity contribution in [2.24, 2.45) is 0 Å². The van der Waals surface area contributed by atoms with E-state index in [1.54, 1.807) is 19.2 Å². The van der Waals surface area contributed by atoms with Crippen LogP contribution in [0.25, 0.3) is 0 Å². The van der Waals surface area contributed by atoms with E-state index in [0.29, 0.717) is 25.2 Å². The van der Waals surface area contributed by atoms with Crippen molar-refractivity contribution >= 4 is 28.6 Å². The molecule has 7 heteroatoms. The van der Waals surface area contributed by atoms with Gasteiger partial charge < -0.3 is 23.7 Å². The first-order valence-electron chi connectivity index (χ1n) is 11.5. The molecule has 1 aliphatic heterocycles. The average Bonchev–Trinajstić information content (AvgIpc) is 3.15. The number of benzene rings is 2. The third-order valence-corrected chi connectivity index (χ3v) is 6.00. The molecule has 2 aromatic carbocycles. The van der Waals surface area contributed by atoms with Gasteiger partial charge in [0.25, 0.3) is 0 Å². The van der Waals surface area contributed by atoms with Crippen LogP contribution in [0.1, 0.15) is 42.6 Å². The van der Waals surface area contributed by atoms with E-state index < -0.39 is 11.9 Å². The molecule has 6 nitrogen and oxygen atoms in total. The van der Waals surface area contributed by atoms with E-state index in [1.165, 1.54) is 0 Å². The molecule has 1 saturated heterocycles. The predicted octanol–water partition coefficient (Wildman–Crippen LogP) is 5.73. The minimum Gasteiger partial charge on any atom is -0.497 e. The first kappa shape index (κ1) is 26.7. The number of ether oxygens (including phenoxy) is 5. The second-order valence-electron chi connectivity index (χ2n) is 8.47. The molecule has 1 unspecified atom stereocenters. The lowest BCUT2D eigenvalue weighted by Gasteiger charge is -2.24. The molecule has 0 spiro atoms. The number of rotatable bonds is 12. The Hall–Kier alpha value is -1.94. The van der Waals surface area contributed by atoms with Gasteiger partial charge in [-0.15, -0.1) is 0 Å². The van der Waals surface area contributed by atoms with Crippen molar-refractivity contribution in [3.63, 3.8) is 0 Å². The highest BCUT2D eigenvalue weighted by Gasteiger charge is 2.45. The van der Waals surface area contributed by atoms with Gasteiger partial charge in [-0.3, -0.25) is 0 Å². The summed E-state index contributed by atoms with van der Waals surface area (Å²) in [6.07, 6.45) is 4.27. The van der Waals surface area contributed by atoms with Gasteiger partial charge in [-0.2, -0.15) is 0 Å². The number of hydrogen-bond acceptors (Lipinski definition) is 6. The molecule has 3 rings (SSSR count). The van der Waals surface area contributed by atoms with Gasteiger partial charge in [-0.1, -0.05) is 59.0 Å². The number of carbonyl (C=O) groups excluding carboxylic acids is 1. The number of methoxy groups -OCH3 is 1. The first-order valence-corrected chi connectivity index (χ1v) is 13.0.